The van der Waals surface area contributed by atoms with Crippen molar-refractivity contribution < 1.29 is 9.47 Å². The molecule has 0 N–H and O–H groups in total. The SMILES string of the molecule is CC#CC#CC1(C)CCC(C2COC(C)OC2)CC1. The minimum absolute atomic E-state index is 0.0245. The second-order valence-corrected chi connectivity index (χ2v) is 6.02. The van der Waals surface area contributed by atoms with Crippen LogP contribution in [0.5, 0.6) is 0 Å². The summed E-state index contributed by atoms with van der Waals surface area (Å²) in [6, 6.07) is 0. The van der Waals surface area contributed by atoms with Gasteiger partial charge in [-0.3, -0.25) is 0 Å². The molecule has 2 nitrogen and oxygen atoms in total. The van der Waals surface area contributed by atoms with Gasteiger partial charge in [0.1, 0.15) is 0 Å². The van der Waals surface area contributed by atoms with Crippen LogP contribution >= 0.6 is 0 Å². The Balaban J connectivity index is 1.85. The smallest absolute Gasteiger partial charge is 0.154 e. The third kappa shape index (κ3) is 4.00. The minimum atomic E-state index is -0.0245. The average Bonchev–Trinajstić information content (AvgIpc) is 2.41. The molecular formula is C17H24O2. The Kier molecular flexibility index (Phi) is 4.92. The van der Waals surface area contributed by atoms with Crippen molar-refractivity contribution >= 4 is 0 Å². The summed E-state index contributed by atoms with van der Waals surface area (Å²) < 4.78 is 11.2. The van der Waals surface area contributed by atoms with Crippen molar-refractivity contribution in [1.82, 2.24) is 0 Å². The van der Waals surface area contributed by atoms with E-state index in [1.165, 1.54) is 25.7 Å². The molecule has 0 aromatic heterocycles. The Morgan fingerprint density at radius 1 is 1.00 bits per heavy atom. The van der Waals surface area contributed by atoms with Gasteiger partial charge in [0.2, 0.25) is 0 Å². The molecule has 2 rings (SSSR count). The first-order valence-electron chi connectivity index (χ1n) is 7.30. The van der Waals surface area contributed by atoms with Gasteiger partial charge in [0, 0.05) is 11.3 Å². The van der Waals surface area contributed by atoms with E-state index in [2.05, 4.69) is 30.6 Å². The summed E-state index contributed by atoms with van der Waals surface area (Å²) in [6.07, 6.45) is 4.78. The van der Waals surface area contributed by atoms with Gasteiger partial charge in [0.05, 0.1) is 13.2 Å². The molecule has 1 aliphatic heterocycles. The molecule has 1 heterocycles. The monoisotopic (exact) mass is 260 g/mol. The van der Waals surface area contributed by atoms with E-state index in [0.717, 1.165) is 19.1 Å². The summed E-state index contributed by atoms with van der Waals surface area (Å²) >= 11 is 0. The molecule has 0 amide bonds. The Morgan fingerprint density at radius 2 is 1.63 bits per heavy atom. The molecule has 0 atom stereocenters. The predicted molar refractivity (Wildman–Crippen MR) is 76.1 cm³/mol. The van der Waals surface area contributed by atoms with Crippen molar-refractivity contribution in [3.05, 3.63) is 0 Å². The summed E-state index contributed by atoms with van der Waals surface area (Å²) in [5.41, 5.74) is 0.157. The molecule has 2 heteroatoms. The van der Waals surface area contributed by atoms with E-state index < -0.39 is 0 Å². The van der Waals surface area contributed by atoms with Crippen LogP contribution in [0, 0.1) is 40.9 Å². The van der Waals surface area contributed by atoms with Crippen LogP contribution in [0.15, 0.2) is 0 Å². The summed E-state index contributed by atoms with van der Waals surface area (Å²) in [4.78, 5) is 0. The summed E-state index contributed by atoms with van der Waals surface area (Å²) in [5.74, 6) is 13.3. The molecule has 0 aromatic carbocycles. The summed E-state index contributed by atoms with van der Waals surface area (Å²) in [7, 11) is 0. The molecule has 0 aromatic rings. The predicted octanol–water partition coefficient (Wildman–Crippen LogP) is 3.22. The first-order valence-corrected chi connectivity index (χ1v) is 7.30. The first-order chi connectivity index (χ1) is 9.13. The van der Waals surface area contributed by atoms with E-state index in [1.807, 2.05) is 13.8 Å². The molecule has 2 aliphatic rings. The Labute approximate surface area is 117 Å². The average molecular weight is 260 g/mol. The second-order valence-electron chi connectivity index (χ2n) is 6.02. The molecule has 2 fully saturated rings. The van der Waals surface area contributed by atoms with Crippen LogP contribution in [-0.4, -0.2) is 19.5 Å². The molecule has 0 spiro atoms. The van der Waals surface area contributed by atoms with Gasteiger partial charge in [-0.05, 0) is 64.2 Å². The van der Waals surface area contributed by atoms with Crippen LogP contribution in [0.25, 0.3) is 0 Å². The maximum Gasteiger partial charge on any atom is 0.154 e. The highest BCUT2D eigenvalue weighted by Gasteiger charge is 2.35. The Morgan fingerprint density at radius 3 is 2.21 bits per heavy atom. The van der Waals surface area contributed by atoms with E-state index in [-0.39, 0.29) is 11.7 Å². The molecule has 0 unspecified atom stereocenters. The third-order valence-corrected chi connectivity index (χ3v) is 4.44. The fourth-order valence-electron chi connectivity index (χ4n) is 3.00. The van der Waals surface area contributed by atoms with Crippen LogP contribution in [0.3, 0.4) is 0 Å². The quantitative estimate of drug-likeness (QED) is 0.674. The number of hydrogen-bond donors (Lipinski definition) is 0. The molecular weight excluding hydrogens is 236 g/mol. The fourth-order valence-corrected chi connectivity index (χ4v) is 3.00. The van der Waals surface area contributed by atoms with Crippen molar-refractivity contribution in [3.63, 3.8) is 0 Å². The lowest BCUT2D eigenvalue weighted by Crippen LogP contribution is -2.37. The molecule has 1 saturated carbocycles. The van der Waals surface area contributed by atoms with Crippen LogP contribution in [-0.2, 0) is 9.47 Å². The van der Waals surface area contributed by atoms with E-state index >= 15 is 0 Å². The Hall–Kier alpha value is -0.960. The van der Waals surface area contributed by atoms with Crippen molar-refractivity contribution in [2.24, 2.45) is 17.3 Å². The topological polar surface area (TPSA) is 18.5 Å². The van der Waals surface area contributed by atoms with Gasteiger partial charge in [-0.2, -0.15) is 0 Å². The van der Waals surface area contributed by atoms with Gasteiger partial charge in [0.15, 0.2) is 6.29 Å². The van der Waals surface area contributed by atoms with E-state index in [9.17, 15) is 0 Å². The highest BCUT2D eigenvalue weighted by atomic mass is 16.7. The standard InChI is InChI=1S/C17H24O2/c1-4-5-6-9-17(3)10-7-15(8-11-17)16-12-18-14(2)19-13-16/h14-16H,7-8,10-13H2,1-3H3. The molecule has 1 aliphatic carbocycles. The highest BCUT2D eigenvalue weighted by molar-refractivity contribution is 5.28. The largest absolute Gasteiger partial charge is 0.353 e. The zero-order valence-corrected chi connectivity index (χ0v) is 12.3. The zero-order valence-electron chi connectivity index (χ0n) is 12.3. The van der Waals surface area contributed by atoms with E-state index in [4.69, 9.17) is 9.47 Å². The van der Waals surface area contributed by atoms with Gasteiger partial charge in [-0.15, -0.1) is 0 Å². The number of ether oxygens (including phenoxy) is 2. The minimum Gasteiger partial charge on any atom is -0.353 e. The molecule has 1 saturated heterocycles. The van der Waals surface area contributed by atoms with Gasteiger partial charge in [-0.1, -0.05) is 11.8 Å². The van der Waals surface area contributed by atoms with E-state index in [0.29, 0.717) is 5.92 Å². The van der Waals surface area contributed by atoms with Crippen molar-refractivity contribution in [2.45, 2.75) is 52.7 Å². The molecule has 104 valence electrons. The normalized spacial score (nSPS) is 38.6. The van der Waals surface area contributed by atoms with Gasteiger partial charge < -0.3 is 9.47 Å². The zero-order chi connectivity index (χ0) is 13.7. The van der Waals surface area contributed by atoms with Crippen molar-refractivity contribution in [3.8, 4) is 23.7 Å². The van der Waals surface area contributed by atoms with Crippen LogP contribution in [0.4, 0.5) is 0 Å². The van der Waals surface area contributed by atoms with Gasteiger partial charge in [-0.25, -0.2) is 0 Å². The van der Waals surface area contributed by atoms with Crippen LogP contribution in [0.2, 0.25) is 0 Å². The van der Waals surface area contributed by atoms with Crippen LogP contribution in [0.1, 0.15) is 46.5 Å². The van der Waals surface area contributed by atoms with Crippen LogP contribution < -0.4 is 0 Å². The third-order valence-electron chi connectivity index (χ3n) is 4.44. The van der Waals surface area contributed by atoms with Crippen molar-refractivity contribution in [1.29, 1.82) is 0 Å². The summed E-state index contributed by atoms with van der Waals surface area (Å²) in [5, 5.41) is 0. The second kappa shape index (κ2) is 6.47. The lowest BCUT2D eigenvalue weighted by Gasteiger charge is -2.39. The fraction of sp³-hybridized carbons (Fsp3) is 0.765. The Bertz CT molecular complexity index is 402. The first kappa shape index (κ1) is 14.4. The lowest BCUT2D eigenvalue weighted by molar-refractivity contribution is -0.200. The number of rotatable bonds is 1. The van der Waals surface area contributed by atoms with Crippen molar-refractivity contribution in [2.75, 3.05) is 13.2 Å². The lowest BCUT2D eigenvalue weighted by atomic mass is 9.69. The molecule has 19 heavy (non-hydrogen) atoms. The van der Waals surface area contributed by atoms with Gasteiger partial charge >= 0.3 is 0 Å². The van der Waals surface area contributed by atoms with E-state index in [1.54, 1.807) is 0 Å². The maximum absolute atomic E-state index is 5.61. The maximum atomic E-state index is 5.61. The summed E-state index contributed by atoms with van der Waals surface area (Å²) in [6.45, 7) is 7.78. The number of hydrogen-bond acceptors (Lipinski definition) is 2. The highest BCUT2D eigenvalue weighted by Crippen LogP contribution is 2.41. The van der Waals surface area contributed by atoms with Gasteiger partial charge in [0.25, 0.3) is 0 Å². The molecule has 0 radical (unpaired) electrons. The molecule has 0 bridgehead atoms.